The smallest absolute Gasteiger partial charge is 0.338 e. The number of carbonyl (C=O) groups excluding carboxylic acids is 3. The second-order valence-electron chi connectivity index (χ2n) is 24.3. The molecule has 0 spiro atoms. The van der Waals surface area contributed by atoms with Crippen LogP contribution in [0.15, 0.2) is 156 Å². The summed E-state index contributed by atoms with van der Waals surface area (Å²) in [5.41, 5.74) is 11.8. The van der Waals surface area contributed by atoms with Crippen LogP contribution in [0.5, 0.6) is 0 Å². The quantitative estimate of drug-likeness (QED) is 0.00843. The Balaban J connectivity index is -0.00000126. The number of azide groups is 1. The van der Waals surface area contributed by atoms with Crippen LogP contribution in [0.25, 0.3) is 10.4 Å². The van der Waals surface area contributed by atoms with E-state index in [4.69, 9.17) is 87.0 Å². The van der Waals surface area contributed by atoms with Gasteiger partial charge in [0, 0.05) is 11.8 Å². The van der Waals surface area contributed by atoms with E-state index < -0.39 is 126 Å². The van der Waals surface area contributed by atoms with Crippen LogP contribution in [0.1, 0.15) is 179 Å². The van der Waals surface area contributed by atoms with Crippen molar-refractivity contribution in [1.82, 2.24) is 0 Å². The number of halogens is 2. The highest BCUT2D eigenvalue weighted by Crippen LogP contribution is 2.33. The molecule has 6 aliphatic heterocycles. The van der Waals surface area contributed by atoms with E-state index in [1.807, 2.05) is 103 Å². The summed E-state index contributed by atoms with van der Waals surface area (Å²) in [6, 6.07) is 23.0. The van der Waals surface area contributed by atoms with Crippen LogP contribution in [-0.2, 0) is 75.9 Å². The van der Waals surface area contributed by atoms with Crippen molar-refractivity contribution in [3.05, 3.63) is 173 Å². The zero-order valence-corrected chi connectivity index (χ0v) is 70.9. The molecule has 0 bridgehead atoms. The molecular weight excluding hydrogens is 1480 g/mol. The van der Waals surface area contributed by atoms with Crippen molar-refractivity contribution in [1.29, 1.82) is 0 Å². The molecule has 9 rings (SSSR count). The Morgan fingerprint density at radius 3 is 1.31 bits per heavy atom. The third-order valence-electron chi connectivity index (χ3n) is 15.9. The number of hydrogen-bond acceptors (Lipinski definition) is 25. The monoisotopic (exact) mass is 1610 g/mol. The summed E-state index contributed by atoms with van der Waals surface area (Å²) < 4.78 is 120. The SMILES string of the molecule is C=C(C)O[C@@H]1C(=C)[C@@H](COC(=O)c2ccccc2)O[C@H]1C.C=C(C)O[C@@H]1[C@@H](F)[C@@H](COC(=O)c2ccccc2)O[C@H]1C.C=C(C)O[C@@H]1[C@H](N=[N+]=[N-])[C@@H](COC(C)=O)O[C@H]1C.C=C1[C@@H](O)[C@H](C)O[C@@H]1CO.CC.CC.CC.CC.CC.CC.C[C@@H]1O[C@H](CO)[C@H](F)[C@H]1O.Cc1ccc(S(=O)(=O)O[C@@H]2[C@@H](O)[C@H](C)O[C@@H]2CO)cc1. The molecule has 3 aromatic carbocycles. The van der Waals surface area contributed by atoms with Gasteiger partial charge in [0.05, 0.1) is 89.7 Å². The summed E-state index contributed by atoms with van der Waals surface area (Å²) in [6.07, 6.45) is -14.0. The third-order valence-corrected chi connectivity index (χ3v) is 17.2. The summed E-state index contributed by atoms with van der Waals surface area (Å²) in [6.45, 7) is 60.3. The zero-order chi connectivity index (χ0) is 86.9. The molecule has 30 heteroatoms. The number of aliphatic hydroxyl groups is 6. The van der Waals surface area contributed by atoms with E-state index in [-0.39, 0.29) is 80.5 Å². The Morgan fingerprint density at radius 1 is 0.491 bits per heavy atom. The summed E-state index contributed by atoms with van der Waals surface area (Å²) >= 11 is 0. The largest absolute Gasteiger partial charge is 0.492 e. The molecule has 6 heterocycles. The van der Waals surface area contributed by atoms with E-state index in [1.54, 1.807) is 122 Å². The van der Waals surface area contributed by atoms with Crippen molar-refractivity contribution >= 4 is 28.0 Å². The van der Waals surface area contributed by atoms with Crippen molar-refractivity contribution in [2.45, 2.75) is 299 Å². The van der Waals surface area contributed by atoms with Crippen LogP contribution < -0.4 is 0 Å². The highest BCUT2D eigenvalue weighted by molar-refractivity contribution is 7.86. The highest BCUT2D eigenvalue weighted by atomic mass is 32.2. The van der Waals surface area contributed by atoms with Gasteiger partial charge >= 0.3 is 17.9 Å². The number of aryl methyl sites for hydroxylation is 1. The average molecular weight is 1620 g/mol. The minimum atomic E-state index is -4.01. The van der Waals surface area contributed by atoms with E-state index in [0.29, 0.717) is 34.0 Å². The zero-order valence-electron chi connectivity index (χ0n) is 70.1. The number of ether oxygens (including phenoxy) is 12. The van der Waals surface area contributed by atoms with Gasteiger partial charge in [0.1, 0.15) is 99.1 Å². The molecule has 27 nitrogen and oxygen atoms in total. The average Bonchev–Trinajstić information content (AvgIpc) is 1.61. The summed E-state index contributed by atoms with van der Waals surface area (Å²) in [5.74, 6) is 0.280. The third kappa shape index (κ3) is 36.9. The van der Waals surface area contributed by atoms with Gasteiger partial charge in [-0.1, -0.05) is 175 Å². The number of hydrogen-bond donors (Lipinski definition) is 6. The molecule has 0 aliphatic carbocycles. The van der Waals surface area contributed by atoms with Crippen LogP contribution in [0.3, 0.4) is 0 Å². The lowest BCUT2D eigenvalue weighted by Gasteiger charge is -2.20. The molecule has 6 N–H and O–H groups in total. The fourth-order valence-electron chi connectivity index (χ4n) is 10.6. The second-order valence-corrected chi connectivity index (χ2v) is 25.8. The summed E-state index contributed by atoms with van der Waals surface area (Å²) in [5, 5.41) is 58.1. The molecule has 6 aliphatic rings. The lowest BCUT2D eigenvalue weighted by Crippen LogP contribution is -2.38. The van der Waals surface area contributed by atoms with E-state index >= 15 is 0 Å². The number of alkyl halides is 2. The molecular formula is C82H133F2N3O24S. The summed E-state index contributed by atoms with van der Waals surface area (Å²) in [7, 11) is -4.01. The Hall–Kier alpha value is -7.23. The number of aliphatic hydroxyl groups excluding tert-OH is 6. The van der Waals surface area contributed by atoms with Crippen molar-refractivity contribution < 1.29 is 123 Å². The van der Waals surface area contributed by atoms with Gasteiger partial charge in [-0.05, 0) is 122 Å². The highest BCUT2D eigenvalue weighted by Gasteiger charge is 2.48. The molecule has 22 atom stereocenters. The second kappa shape index (κ2) is 59.5. The van der Waals surface area contributed by atoms with Gasteiger partial charge in [-0.3, -0.25) is 8.98 Å². The van der Waals surface area contributed by atoms with Gasteiger partial charge in [0.15, 0.2) is 18.4 Å². The summed E-state index contributed by atoms with van der Waals surface area (Å²) in [4.78, 5) is 37.3. The molecule has 0 amide bonds. The first-order chi connectivity index (χ1) is 53.1. The van der Waals surface area contributed by atoms with Gasteiger partial charge in [-0.2, -0.15) is 8.42 Å². The number of allylic oxidation sites excluding steroid dienone is 3. The van der Waals surface area contributed by atoms with Crippen molar-refractivity contribution in [3.8, 4) is 0 Å². The molecule has 112 heavy (non-hydrogen) atoms. The fraction of sp³-hybridized carbons (Fsp3) is 0.622. The Morgan fingerprint density at radius 2 is 0.911 bits per heavy atom. The van der Waals surface area contributed by atoms with E-state index in [2.05, 4.69) is 42.9 Å². The first-order valence-corrected chi connectivity index (χ1v) is 39.6. The lowest BCUT2D eigenvalue weighted by molar-refractivity contribution is -0.145. The Labute approximate surface area is 665 Å². The number of benzene rings is 3. The molecule has 3 aromatic rings. The Bertz CT molecular complexity index is 3300. The minimum absolute atomic E-state index is 0.00606. The van der Waals surface area contributed by atoms with Crippen LogP contribution in [0.4, 0.5) is 8.78 Å². The van der Waals surface area contributed by atoms with Gasteiger partial charge in [0.2, 0.25) is 0 Å². The van der Waals surface area contributed by atoms with Crippen molar-refractivity contribution in [3.63, 3.8) is 0 Å². The van der Waals surface area contributed by atoms with E-state index in [9.17, 15) is 41.8 Å². The van der Waals surface area contributed by atoms with Crippen LogP contribution in [0, 0.1) is 6.92 Å². The number of esters is 3. The number of rotatable bonds is 21. The first kappa shape index (κ1) is 109. The van der Waals surface area contributed by atoms with Crippen molar-refractivity contribution in [2.24, 2.45) is 5.11 Å². The molecule has 640 valence electrons. The number of carbonyl (C=O) groups is 3. The topological polar surface area (TPSA) is 375 Å². The van der Waals surface area contributed by atoms with Gasteiger partial charge in [0.25, 0.3) is 10.1 Å². The van der Waals surface area contributed by atoms with Gasteiger partial charge in [-0.15, -0.1) is 0 Å². The van der Waals surface area contributed by atoms with Crippen molar-refractivity contribution in [2.75, 3.05) is 39.6 Å². The maximum Gasteiger partial charge on any atom is 0.338 e. The maximum absolute atomic E-state index is 14.2. The maximum atomic E-state index is 14.2. The van der Waals surface area contributed by atoms with Crippen LogP contribution in [0.2, 0.25) is 0 Å². The minimum Gasteiger partial charge on any atom is -0.492 e. The lowest BCUT2D eigenvalue weighted by atomic mass is 10.1. The van der Waals surface area contributed by atoms with Gasteiger partial charge < -0.3 is 87.5 Å². The molecule has 6 saturated heterocycles. The van der Waals surface area contributed by atoms with Gasteiger partial charge in [-0.25, -0.2) is 18.4 Å². The molecule has 0 aromatic heterocycles. The van der Waals surface area contributed by atoms with E-state index in [0.717, 1.165) is 11.1 Å². The normalized spacial score (nSPS) is 28.5. The fourth-order valence-corrected chi connectivity index (χ4v) is 11.7. The van der Waals surface area contributed by atoms with Crippen LogP contribution in [-0.4, -0.2) is 231 Å². The molecule has 0 saturated carbocycles. The van der Waals surface area contributed by atoms with E-state index in [1.165, 1.54) is 19.1 Å². The molecule has 0 unspecified atom stereocenters. The molecule has 0 radical (unpaired) electrons. The standard InChI is InChI=1S/C17H20O4.C16H19FO4.C13H18O6S.C11H17N3O4.C7H12O3.C6H11FO3.6C2H6/c1-11(2)20-16-12(3)15(21-13(16)4)10-19-17(18)14-8-6-5-7-9-14;1-10(2)20-15-11(3)21-13(14(15)17)9-19-16(18)12-7-5-4-6-8-12;1-8-3-5-10(6-4-8)20(16,17)19-13-11(7-14)18-9(2)12(13)15;1-6(2)17-11-7(3)18-9(5-16-8(4)15)10(11)13-14-12;1-4-6(3-8)10-5(2)7(4)9;1-3-6(9)5(7)4(2-8)10-3;6*1-2/h5-9,13,15-16H,1,3,10H2,2,4H3;4-8,11,13-15H,1,9H2,2-3H3;3-6,9,11-15H,7H2,1-2H3;7,9-11H,1,5H2,2-4H3;5-9H,1,3H2,2H3;3-6,8-9H,2H2,1H3;6*1-2H3/t13-,15+,16+;11-,13+,14-,15-;9-,11+,12-,13-;7-,9+,10+,11-;5-,6+,7+;3-,4+,5-,6-;;;;;;/m000000....../s1. The predicted octanol–water partition coefficient (Wildman–Crippen LogP) is 13.4. The predicted molar refractivity (Wildman–Crippen MR) is 427 cm³/mol. The van der Waals surface area contributed by atoms with Crippen LogP contribution >= 0.6 is 0 Å². The number of nitrogens with zero attached hydrogens (tertiary/aromatic N) is 3. The molecule has 6 fully saturated rings. The first-order valence-electron chi connectivity index (χ1n) is 38.1. The Kier molecular flexibility index (Phi) is 57.8.